The zero-order valence-electron chi connectivity index (χ0n) is 21.8. The van der Waals surface area contributed by atoms with Crippen molar-refractivity contribution in [3.63, 3.8) is 0 Å². The standard InChI is InChI=1S/C31H27NO6/c1-6-17-16(4)13-18-23(29(17)37-5)28(36)24-20(33)14-19-26(25(24)27(18)35)32-21-11-9-7-8-10-12-22(34)31(19)30(21,38-31)15(2)3/h7-8,13-15,21-22,32-34H,6H2,1-5H3/b8-7-/t21-,22+,30-,31-/m0/s1. The predicted octanol–water partition coefficient (Wildman–Crippen LogP) is 3.40. The minimum Gasteiger partial charge on any atom is -0.507 e. The summed E-state index contributed by atoms with van der Waals surface area (Å²) in [5.74, 6) is 10.7. The first-order valence-corrected chi connectivity index (χ1v) is 12.7. The Morgan fingerprint density at radius 2 is 1.82 bits per heavy atom. The zero-order chi connectivity index (χ0) is 27.1. The highest BCUT2D eigenvalue weighted by Gasteiger charge is 2.81. The average molecular weight is 510 g/mol. The van der Waals surface area contributed by atoms with Crippen molar-refractivity contribution in [1.29, 1.82) is 0 Å². The number of ketones is 2. The van der Waals surface area contributed by atoms with Gasteiger partial charge in [-0.2, -0.15) is 0 Å². The fourth-order valence-electron chi connectivity index (χ4n) is 6.64. The highest BCUT2D eigenvalue weighted by molar-refractivity contribution is 6.32. The molecule has 3 N–H and O–H groups in total. The first-order valence-electron chi connectivity index (χ1n) is 12.7. The van der Waals surface area contributed by atoms with Crippen molar-refractivity contribution in [3.8, 4) is 35.2 Å². The molecule has 192 valence electrons. The Bertz CT molecular complexity index is 1630. The molecule has 0 amide bonds. The summed E-state index contributed by atoms with van der Waals surface area (Å²) in [4.78, 5) is 28.1. The zero-order valence-corrected chi connectivity index (χ0v) is 21.8. The van der Waals surface area contributed by atoms with Gasteiger partial charge in [0.05, 0.1) is 29.5 Å². The van der Waals surface area contributed by atoms with E-state index in [2.05, 4.69) is 29.0 Å². The van der Waals surface area contributed by atoms with E-state index in [-0.39, 0.29) is 33.9 Å². The van der Waals surface area contributed by atoms with Crippen LogP contribution in [0, 0.1) is 36.5 Å². The second-order valence-electron chi connectivity index (χ2n) is 10.4. The second-order valence-corrected chi connectivity index (χ2v) is 10.4. The van der Waals surface area contributed by atoms with Crippen LogP contribution in [0.25, 0.3) is 0 Å². The SMILES string of the molecule is CCc1c(C)cc2c(c1OC)C(=O)c1c(O)cc3c(c1C2=O)N[C@H]1C#C/C=C\C#C[C@@H](O)[C@@]32O[C@@]12C(C)C. The van der Waals surface area contributed by atoms with Gasteiger partial charge in [0.15, 0.2) is 17.5 Å². The number of epoxide rings is 1. The van der Waals surface area contributed by atoms with Crippen LogP contribution in [-0.4, -0.2) is 46.6 Å². The predicted molar refractivity (Wildman–Crippen MR) is 141 cm³/mol. The number of ether oxygens (including phenoxy) is 2. The van der Waals surface area contributed by atoms with E-state index in [0.29, 0.717) is 23.4 Å². The maximum Gasteiger partial charge on any atom is 0.202 e. The van der Waals surface area contributed by atoms with E-state index < -0.39 is 34.9 Å². The van der Waals surface area contributed by atoms with Crippen molar-refractivity contribution < 1.29 is 29.3 Å². The van der Waals surface area contributed by atoms with Crippen molar-refractivity contribution >= 4 is 17.3 Å². The monoisotopic (exact) mass is 509 g/mol. The van der Waals surface area contributed by atoms with E-state index in [1.54, 1.807) is 18.2 Å². The molecule has 0 aromatic heterocycles. The Hall–Kier alpha value is -4.04. The molecule has 38 heavy (non-hydrogen) atoms. The number of carbonyl (C=O) groups is 2. The lowest BCUT2D eigenvalue weighted by Gasteiger charge is -2.38. The van der Waals surface area contributed by atoms with Gasteiger partial charge in [0.25, 0.3) is 0 Å². The van der Waals surface area contributed by atoms with Crippen molar-refractivity contribution in [3.05, 3.63) is 63.2 Å². The Kier molecular flexibility index (Phi) is 5.10. The number of rotatable bonds is 3. The molecule has 1 fully saturated rings. The van der Waals surface area contributed by atoms with E-state index in [1.807, 2.05) is 27.7 Å². The number of hydrogen-bond acceptors (Lipinski definition) is 7. The molecule has 6 rings (SSSR count). The number of allylic oxidation sites excluding steroid dienone is 2. The second kappa shape index (κ2) is 7.98. The molecule has 2 aliphatic carbocycles. The van der Waals surface area contributed by atoms with Crippen molar-refractivity contribution in [2.75, 3.05) is 12.4 Å². The van der Waals surface area contributed by atoms with Gasteiger partial charge in [0.1, 0.15) is 23.1 Å². The van der Waals surface area contributed by atoms with Crippen LogP contribution in [0.1, 0.15) is 69.3 Å². The molecule has 2 heterocycles. The number of phenolic OH excluding ortho intramolecular Hbond substituents is 1. The molecule has 2 aromatic carbocycles. The summed E-state index contributed by atoms with van der Waals surface area (Å²) in [5.41, 5.74) is 0.326. The first kappa shape index (κ1) is 24.3. The first-order chi connectivity index (χ1) is 18.1. The lowest BCUT2D eigenvalue weighted by molar-refractivity contribution is 0.0972. The minimum absolute atomic E-state index is 0.0370. The molecule has 4 aliphatic rings. The number of methoxy groups -OCH3 is 1. The Balaban J connectivity index is 1.67. The lowest BCUT2D eigenvalue weighted by atomic mass is 9.67. The molecule has 0 spiro atoms. The van der Waals surface area contributed by atoms with Gasteiger partial charge in [-0.05, 0) is 54.7 Å². The highest BCUT2D eigenvalue weighted by atomic mass is 16.6. The van der Waals surface area contributed by atoms with Crippen molar-refractivity contribution in [2.24, 2.45) is 5.92 Å². The Labute approximate surface area is 220 Å². The van der Waals surface area contributed by atoms with Gasteiger partial charge >= 0.3 is 0 Å². The van der Waals surface area contributed by atoms with Gasteiger partial charge in [-0.15, -0.1) is 0 Å². The number of aliphatic hydroxyl groups excluding tert-OH is 1. The molecule has 0 saturated carbocycles. The van der Waals surface area contributed by atoms with Gasteiger partial charge in [-0.3, -0.25) is 9.59 Å². The largest absolute Gasteiger partial charge is 0.507 e. The summed E-state index contributed by atoms with van der Waals surface area (Å²) in [5, 5.41) is 26.0. The normalized spacial score (nSPS) is 28.3. The molecule has 7 nitrogen and oxygen atoms in total. The molecule has 2 aliphatic heterocycles. The molecule has 2 aromatic rings. The lowest BCUT2D eigenvalue weighted by Crippen LogP contribution is -2.52. The summed E-state index contributed by atoms with van der Waals surface area (Å²) < 4.78 is 12.1. The topological polar surface area (TPSA) is 108 Å². The fraction of sp³-hybridized carbons (Fsp3) is 0.355. The molecule has 2 bridgehead atoms. The van der Waals surface area contributed by atoms with Crippen LogP contribution in [0.3, 0.4) is 0 Å². The van der Waals surface area contributed by atoms with Crippen LogP contribution in [0.5, 0.6) is 11.5 Å². The number of nitrogens with one attached hydrogen (secondary N) is 1. The van der Waals surface area contributed by atoms with Gasteiger partial charge in [-0.25, -0.2) is 0 Å². The molecular weight excluding hydrogens is 482 g/mol. The summed E-state index contributed by atoms with van der Waals surface area (Å²) in [6.07, 6.45) is 2.49. The van der Waals surface area contributed by atoms with Gasteiger partial charge < -0.3 is 25.0 Å². The maximum absolute atomic E-state index is 14.2. The summed E-state index contributed by atoms with van der Waals surface area (Å²) in [7, 11) is 1.47. The third kappa shape index (κ3) is 2.73. The average Bonchev–Trinajstić information content (AvgIpc) is 3.62. The maximum atomic E-state index is 14.2. The number of anilines is 1. The number of aromatic hydroxyl groups is 1. The molecular formula is C31H27NO6. The number of hydrogen-bond donors (Lipinski definition) is 3. The number of carbonyl (C=O) groups excluding carboxylic acids is 2. The highest BCUT2D eigenvalue weighted by Crippen LogP contribution is 2.68. The fourth-order valence-corrected chi connectivity index (χ4v) is 6.64. The summed E-state index contributed by atoms with van der Waals surface area (Å²) >= 11 is 0. The molecule has 1 saturated heterocycles. The van der Waals surface area contributed by atoms with E-state index in [4.69, 9.17) is 9.47 Å². The quantitative estimate of drug-likeness (QED) is 0.282. The van der Waals surface area contributed by atoms with Crippen molar-refractivity contribution in [2.45, 2.75) is 57.5 Å². The molecule has 0 unspecified atom stereocenters. The summed E-state index contributed by atoms with van der Waals surface area (Å²) in [6, 6.07) is 2.51. The Morgan fingerprint density at radius 3 is 2.47 bits per heavy atom. The van der Waals surface area contributed by atoms with Crippen LogP contribution < -0.4 is 10.1 Å². The Morgan fingerprint density at radius 1 is 1.11 bits per heavy atom. The van der Waals surface area contributed by atoms with Crippen LogP contribution in [0.15, 0.2) is 24.3 Å². The number of phenols is 1. The van der Waals surface area contributed by atoms with E-state index >= 15 is 0 Å². The molecule has 0 radical (unpaired) electrons. The van der Waals surface area contributed by atoms with Crippen molar-refractivity contribution in [1.82, 2.24) is 0 Å². The van der Waals surface area contributed by atoms with E-state index in [0.717, 1.165) is 11.1 Å². The van der Waals surface area contributed by atoms with Gasteiger partial charge in [0, 0.05) is 11.1 Å². The van der Waals surface area contributed by atoms with Gasteiger partial charge in [0.2, 0.25) is 5.78 Å². The van der Waals surface area contributed by atoms with E-state index in [1.165, 1.54) is 13.2 Å². The molecule has 4 atom stereocenters. The number of benzene rings is 2. The van der Waals surface area contributed by atoms with Crippen LogP contribution in [0.2, 0.25) is 0 Å². The third-order valence-corrected chi connectivity index (χ3v) is 8.32. The van der Waals surface area contributed by atoms with E-state index in [9.17, 15) is 19.8 Å². The third-order valence-electron chi connectivity index (χ3n) is 8.32. The number of aryl methyl sites for hydroxylation is 1. The van der Waals surface area contributed by atoms with Crippen LogP contribution in [0.4, 0.5) is 5.69 Å². The number of aliphatic hydroxyl groups is 1. The smallest absolute Gasteiger partial charge is 0.202 e. The summed E-state index contributed by atoms with van der Waals surface area (Å²) in [6.45, 7) is 7.76. The molecule has 7 heteroatoms. The van der Waals surface area contributed by atoms with Crippen LogP contribution >= 0.6 is 0 Å². The van der Waals surface area contributed by atoms with Gasteiger partial charge in [-0.1, -0.05) is 44.5 Å². The minimum atomic E-state index is -1.35. The number of fused-ring (bicyclic) bond motifs is 4. The van der Waals surface area contributed by atoms with Crippen LogP contribution in [-0.2, 0) is 16.8 Å².